The number of piperazine rings is 1. The fourth-order valence-corrected chi connectivity index (χ4v) is 7.10. The molecule has 5 aromatic rings. The van der Waals surface area contributed by atoms with Gasteiger partial charge >= 0.3 is 6.18 Å². The number of amides is 2. The molecule has 2 amide bonds. The van der Waals surface area contributed by atoms with E-state index in [2.05, 4.69) is 30.5 Å². The Morgan fingerprint density at radius 2 is 1.81 bits per heavy atom. The van der Waals surface area contributed by atoms with Gasteiger partial charge in [-0.05, 0) is 63.4 Å². The number of hydrogen-bond acceptors (Lipinski definition) is 10. The van der Waals surface area contributed by atoms with Crippen LogP contribution < -0.4 is 15.6 Å². The average molecular weight is 737 g/mol. The number of fused-ring (bicyclic) bond motifs is 2. The van der Waals surface area contributed by atoms with Crippen molar-refractivity contribution in [1.82, 2.24) is 39.4 Å². The van der Waals surface area contributed by atoms with Gasteiger partial charge in [-0.25, -0.2) is 9.97 Å². The molecular weight excluding hydrogens is 705 g/mol. The van der Waals surface area contributed by atoms with E-state index >= 15 is 0 Å². The molecule has 14 nitrogen and oxygen atoms in total. The smallest absolute Gasteiger partial charge is 0.416 e. The zero-order valence-electron chi connectivity index (χ0n) is 28.1. The molecule has 2 fully saturated rings. The fraction of sp³-hybridized carbons (Fsp3) is 0.353. The quantitative estimate of drug-likeness (QED) is 0.244. The van der Waals surface area contributed by atoms with Gasteiger partial charge in [0.1, 0.15) is 18.6 Å². The number of halogens is 4. The lowest BCUT2D eigenvalue weighted by atomic mass is 9.81. The molecule has 270 valence electrons. The third-order valence-electron chi connectivity index (χ3n) is 9.54. The molecule has 2 atom stereocenters. The highest BCUT2D eigenvalue weighted by atomic mass is 35.5. The Hall–Kier alpha value is -5.58. The minimum absolute atomic E-state index is 0.00205. The lowest BCUT2D eigenvalue weighted by Crippen LogP contribution is -2.67. The molecule has 1 aliphatic carbocycles. The van der Waals surface area contributed by atoms with Crippen LogP contribution in [0.4, 0.5) is 24.5 Å². The molecule has 5 heterocycles. The summed E-state index contributed by atoms with van der Waals surface area (Å²) in [6.45, 7) is 5.31. The molecule has 1 saturated heterocycles. The summed E-state index contributed by atoms with van der Waals surface area (Å²) in [6, 6.07) is 5.50. The van der Waals surface area contributed by atoms with Gasteiger partial charge in [0.2, 0.25) is 11.3 Å². The molecule has 0 bridgehead atoms. The number of carbonyl (C=O) groups excluding carboxylic acids is 2. The SMILES string of the molecule is CCc1c(N2CCN(C(=O)c3ncnc(C)c3O)[C@H]3CC[C@@H]32)c(=O)c2nn(-c3ccnc(C)c3)nc2n1CC(=O)Nc1ccc(C(F)(F)F)cc1Cl. The second kappa shape index (κ2) is 13.2. The first-order valence-electron chi connectivity index (χ1n) is 16.5. The first kappa shape index (κ1) is 34.9. The first-order chi connectivity index (χ1) is 24.8. The summed E-state index contributed by atoms with van der Waals surface area (Å²) in [5.41, 5.74) is 0.952. The van der Waals surface area contributed by atoms with Crippen LogP contribution in [0.5, 0.6) is 5.75 Å². The summed E-state index contributed by atoms with van der Waals surface area (Å²) in [5.74, 6) is -1.34. The van der Waals surface area contributed by atoms with Crippen molar-refractivity contribution in [2.45, 2.75) is 64.8 Å². The number of aryl methyl sites for hydroxylation is 2. The van der Waals surface area contributed by atoms with Crippen molar-refractivity contribution >= 4 is 46.0 Å². The number of anilines is 2. The molecule has 0 unspecified atom stereocenters. The number of benzene rings is 1. The number of hydrogen-bond donors (Lipinski definition) is 2. The molecule has 0 spiro atoms. The van der Waals surface area contributed by atoms with E-state index in [1.165, 1.54) is 11.1 Å². The zero-order valence-corrected chi connectivity index (χ0v) is 28.9. The van der Waals surface area contributed by atoms with Crippen LogP contribution in [-0.4, -0.2) is 81.5 Å². The number of aromatic hydroxyl groups is 1. The van der Waals surface area contributed by atoms with E-state index in [1.807, 2.05) is 11.8 Å². The number of nitrogens with one attached hydrogen (secondary N) is 1. The second-order valence-electron chi connectivity index (χ2n) is 12.7. The van der Waals surface area contributed by atoms with E-state index in [4.69, 9.17) is 11.6 Å². The van der Waals surface area contributed by atoms with E-state index in [1.54, 1.807) is 41.6 Å². The van der Waals surface area contributed by atoms with Crippen LogP contribution in [0.2, 0.25) is 5.02 Å². The topological polar surface area (TPSA) is 164 Å². The average Bonchev–Trinajstić information content (AvgIpc) is 3.54. The molecule has 1 aromatic carbocycles. The summed E-state index contributed by atoms with van der Waals surface area (Å²) < 4.78 is 41.3. The third kappa shape index (κ3) is 6.07. The van der Waals surface area contributed by atoms with Gasteiger partial charge in [-0.15, -0.1) is 15.0 Å². The fourth-order valence-electron chi connectivity index (χ4n) is 6.88. The highest BCUT2D eigenvalue weighted by Crippen LogP contribution is 2.39. The number of alkyl halides is 3. The number of rotatable bonds is 7. The van der Waals surface area contributed by atoms with Crippen LogP contribution in [0.3, 0.4) is 0 Å². The molecule has 2 N–H and O–H groups in total. The Balaban J connectivity index is 1.29. The minimum atomic E-state index is -4.62. The second-order valence-corrected chi connectivity index (χ2v) is 13.1. The van der Waals surface area contributed by atoms with Crippen LogP contribution in [0.15, 0.2) is 47.7 Å². The van der Waals surface area contributed by atoms with E-state index in [9.17, 15) is 32.7 Å². The van der Waals surface area contributed by atoms with E-state index in [-0.39, 0.29) is 70.7 Å². The number of carbonyl (C=O) groups is 2. The Morgan fingerprint density at radius 3 is 2.48 bits per heavy atom. The number of aromatic nitrogens is 7. The van der Waals surface area contributed by atoms with Gasteiger partial charge in [0.15, 0.2) is 22.6 Å². The van der Waals surface area contributed by atoms with Gasteiger partial charge in [0.05, 0.1) is 33.7 Å². The largest absolute Gasteiger partial charge is 0.504 e. The maximum Gasteiger partial charge on any atom is 0.416 e. The van der Waals surface area contributed by atoms with Gasteiger partial charge in [0, 0.05) is 36.7 Å². The molecular formula is C34H32ClF3N10O4. The normalized spacial score (nSPS) is 17.2. The van der Waals surface area contributed by atoms with E-state index < -0.39 is 29.0 Å². The minimum Gasteiger partial charge on any atom is -0.504 e. The van der Waals surface area contributed by atoms with Crippen molar-refractivity contribution in [3.05, 3.63) is 86.4 Å². The molecule has 7 rings (SSSR count). The lowest BCUT2D eigenvalue weighted by molar-refractivity contribution is -0.137. The van der Waals surface area contributed by atoms with Gasteiger partial charge in [0.25, 0.3) is 5.91 Å². The number of pyridine rings is 2. The Morgan fingerprint density at radius 1 is 1.04 bits per heavy atom. The molecule has 18 heteroatoms. The predicted molar refractivity (Wildman–Crippen MR) is 184 cm³/mol. The summed E-state index contributed by atoms with van der Waals surface area (Å²) in [4.78, 5) is 58.8. The summed E-state index contributed by atoms with van der Waals surface area (Å²) >= 11 is 6.14. The first-order valence-corrected chi connectivity index (χ1v) is 16.8. The van der Waals surface area contributed by atoms with Crippen molar-refractivity contribution in [3.8, 4) is 11.4 Å². The van der Waals surface area contributed by atoms with Crippen molar-refractivity contribution in [1.29, 1.82) is 0 Å². The highest BCUT2D eigenvalue weighted by Gasteiger charge is 2.47. The van der Waals surface area contributed by atoms with Gasteiger partial charge in [-0.2, -0.15) is 13.2 Å². The van der Waals surface area contributed by atoms with Crippen LogP contribution >= 0.6 is 11.6 Å². The van der Waals surface area contributed by atoms with Crippen molar-refractivity contribution in [3.63, 3.8) is 0 Å². The Labute approximate surface area is 298 Å². The standard InChI is InChI=1S/C34H32ClF3N10O4/c1-4-23-29(45-11-12-46(25-8-7-24(25)45)33(52)28-30(50)18(3)40-16-41-28)31(51)27-32(44-48(43-27)20-9-10-39-17(2)13-20)47(23)15-26(49)42-22-6-5-19(14-21(22)35)34(36,37)38/h5-6,9-10,13-14,16,24-25,50H,4,7-8,11-12,15H2,1-3H3,(H,42,49)/t24-,25-/m0/s1. The lowest BCUT2D eigenvalue weighted by Gasteiger charge is -2.54. The van der Waals surface area contributed by atoms with Crippen molar-refractivity contribution in [2.75, 3.05) is 23.3 Å². The van der Waals surface area contributed by atoms with Crippen LogP contribution in [0.25, 0.3) is 16.9 Å². The van der Waals surface area contributed by atoms with E-state index in [0.29, 0.717) is 42.0 Å². The zero-order chi connectivity index (χ0) is 37.1. The van der Waals surface area contributed by atoms with Crippen LogP contribution in [0, 0.1) is 13.8 Å². The van der Waals surface area contributed by atoms with Crippen LogP contribution in [-0.2, 0) is 23.9 Å². The van der Waals surface area contributed by atoms with E-state index in [0.717, 1.165) is 18.2 Å². The third-order valence-corrected chi connectivity index (χ3v) is 9.85. The maximum atomic E-state index is 14.5. The predicted octanol–water partition coefficient (Wildman–Crippen LogP) is 4.46. The summed E-state index contributed by atoms with van der Waals surface area (Å²) in [6.07, 6.45) is -0.197. The monoisotopic (exact) mass is 736 g/mol. The van der Waals surface area contributed by atoms with Gasteiger partial charge in [-0.1, -0.05) is 18.5 Å². The summed E-state index contributed by atoms with van der Waals surface area (Å²) in [5, 5.41) is 22.0. The van der Waals surface area contributed by atoms with Gasteiger partial charge in [-0.3, -0.25) is 19.4 Å². The summed E-state index contributed by atoms with van der Waals surface area (Å²) in [7, 11) is 0. The molecule has 4 aromatic heterocycles. The van der Waals surface area contributed by atoms with Crippen molar-refractivity contribution < 1.29 is 27.9 Å². The molecule has 1 aliphatic heterocycles. The molecule has 52 heavy (non-hydrogen) atoms. The number of nitrogens with zero attached hydrogens (tertiary/aromatic N) is 9. The molecule has 1 saturated carbocycles. The Kier molecular flexibility index (Phi) is 8.84. The van der Waals surface area contributed by atoms with Gasteiger partial charge < -0.3 is 24.8 Å². The Bertz CT molecular complexity index is 2310. The molecule has 0 radical (unpaired) electrons. The van der Waals surface area contributed by atoms with Crippen LogP contribution in [0.1, 0.15) is 52.9 Å². The van der Waals surface area contributed by atoms with Crippen molar-refractivity contribution in [2.24, 2.45) is 0 Å². The highest BCUT2D eigenvalue weighted by molar-refractivity contribution is 6.33. The maximum absolute atomic E-state index is 14.5. The molecule has 2 aliphatic rings.